The Morgan fingerprint density at radius 3 is 2.82 bits per heavy atom. The summed E-state index contributed by atoms with van der Waals surface area (Å²) in [5.74, 6) is 0.509. The topological polar surface area (TPSA) is 61.0 Å². The molecule has 6 heteroatoms. The highest BCUT2D eigenvalue weighted by atomic mass is 35.5. The highest BCUT2D eigenvalue weighted by molar-refractivity contribution is 6.32. The molecule has 2 N–H and O–H groups in total. The fourth-order valence-corrected chi connectivity index (χ4v) is 1.42. The minimum atomic E-state index is -0.429. The Morgan fingerprint density at radius 1 is 1.35 bits per heavy atom. The van der Waals surface area contributed by atoms with Gasteiger partial charge in [0, 0.05) is 0 Å². The summed E-state index contributed by atoms with van der Waals surface area (Å²) in [5, 5.41) is 0.168. The predicted octanol–water partition coefficient (Wildman–Crippen LogP) is 2.95. The molecule has 0 atom stereocenters. The van der Waals surface area contributed by atoms with Crippen molar-refractivity contribution in [3.8, 4) is 11.6 Å². The van der Waals surface area contributed by atoms with Crippen molar-refractivity contribution in [3.63, 3.8) is 0 Å². The molecule has 0 radical (unpaired) electrons. The summed E-state index contributed by atoms with van der Waals surface area (Å²) < 4.78 is 18.3. The van der Waals surface area contributed by atoms with Gasteiger partial charge in [-0.2, -0.15) is 0 Å². The molecule has 2 rings (SSSR count). The Balaban J connectivity index is 2.35. The lowest BCUT2D eigenvalue weighted by Crippen LogP contribution is -1.99. The largest absolute Gasteiger partial charge is 0.437 e. The lowest BCUT2D eigenvalue weighted by Gasteiger charge is -2.09. The number of ether oxygens (including phenoxy) is 1. The Hall–Kier alpha value is -1.88. The van der Waals surface area contributed by atoms with E-state index in [1.165, 1.54) is 18.5 Å². The second-order valence-corrected chi connectivity index (χ2v) is 3.77. The van der Waals surface area contributed by atoms with Crippen molar-refractivity contribution in [1.29, 1.82) is 0 Å². The second-order valence-electron chi connectivity index (χ2n) is 3.37. The number of halogens is 2. The van der Waals surface area contributed by atoms with Gasteiger partial charge in [0.2, 0.25) is 5.88 Å². The van der Waals surface area contributed by atoms with Crippen LogP contribution in [0.15, 0.2) is 24.5 Å². The van der Waals surface area contributed by atoms with E-state index in [1.807, 2.05) is 0 Å². The molecular weight excluding hydrogens is 245 g/mol. The third-order valence-electron chi connectivity index (χ3n) is 2.18. The first-order chi connectivity index (χ1) is 8.08. The summed E-state index contributed by atoms with van der Waals surface area (Å²) in [7, 11) is 0. The molecule has 0 unspecified atom stereocenters. The molecule has 1 aromatic heterocycles. The van der Waals surface area contributed by atoms with E-state index >= 15 is 0 Å². The van der Waals surface area contributed by atoms with Crippen molar-refractivity contribution in [1.82, 2.24) is 9.97 Å². The van der Waals surface area contributed by atoms with Crippen LogP contribution in [0.1, 0.15) is 5.56 Å². The Labute approximate surface area is 102 Å². The molecule has 0 spiro atoms. The standard InChI is InChI=1S/C11H9ClFN3O/c1-6-10(14)15-5-16-11(6)17-9-3-2-7(13)4-8(9)12/h2-5H,1H3,(H2,14,15,16). The van der Waals surface area contributed by atoms with E-state index < -0.39 is 5.82 Å². The highest BCUT2D eigenvalue weighted by Crippen LogP contribution is 2.30. The highest BCUT2D eigenvalue weighted by Gasteiger charge is 2.09. The Kier molecular flexibility index (Phi) is 3.10. The van der Waals surface area contributed by atoms with E-state index in [-0.39, 0.29) is 5.02 Å². The number of benzene rings is 1. The summed E-state index contributed by atoms with van der Waals surface area (Å²) in [6.45, 7) is 1.72. The van der Waals surface area contributed by atoms with Gasteiger partial charge in [-0.05, 0) is 25.1 Å². The first-order valence-electron chi connectivity index (χ1n) is 4.78. The molecule has 0 aliphatic carbocycles. The molecule has 0 amide bonds. The lowest BCUT2D eigenvalue weighted by molar-refractivity contribution is 0.456. The SMILES string of the molecule is Cc1c(N)ncnc1Oc1ccc(F)cc1Cl. The fraction of sp³-hybridized carbons (Fsp3) is 0.0909. The van der Waals surface area contributed by atoms with Crippen molar-refractivity contribution < 1.29 is 9.13 Å². The molecule has 0 saturated carbocycles. The van der Waals surface area contributed by atoms with E-state index in [1.54, 1.807) is 6.92 Å². The number of anilines is 1. The van der Waals surface area contributed by atoms with E-state index in [9.17, 15) is 4.39 Å². The number of hydrogen-bond acceptors (Lipinski definition) is 4. The van der Waals surface area contributed by atoms with Crippen LogP contribution < -0.4 is 10.5 Å². The van der Waals surface area contributed by atoms with E-state index in [4.69, 9.17) is 22.1 Å². The van der Waals surface area contributed by atoms with Crippen LogP contribution in [0.3, 0.4) is 0 Å². The molecule has 1 heterocycles. The molecule has 0 aliphatic heterocycles. The third-order valence-corrected chi connectivity index (χ3v) is 2.47. The summed E-state index contributed by atoms with van der Waals surface area (Å²) in [5.41, 5.74) is 6.22. The summed E-state index contributed by atoms with van der Waals surface area (Å²) in [4.78, 5) is 7.74. The minimum Gasteiger partial charge on any atom is -0.437 e. The first-order valence-corrected chi connectivity index (χ1v) is 5.15. The Bertz CT molecular complexity index is 562. The summed E-state index contributed by atoms with van der Waals surface area (Å²) in [6.07, 6.45) is 1.29. The number of hydrogen-bond donors (Lipinski definition) is 1. The normalized spacial score (nSPS) is 10.3. The van der Waals surface area contributed by atoms with Gasteiger partial charge in [-0.25, -0.2) is 14.4 Å². The number of nitrogen functional groups attached to an aromatic ring is 1. The average molecular weight is 254 g/mol. The molecule has 1 aromatic carbocycles. The quantitative estimate of drug-likeness (QED) is 0.894. The molecule has 0 bridgehead atoms. The molecule has 88 valence electrons. The zero-order valence-corrected chi connectivity index (χ0v) is 9.70. The third kappa shape index (κ3) is 2.45. The van der Waals surface area contributed by atoms with Crippen molar-refractivity contribution in [2.75, 3.05) is 5.73 Å². The van der Waals surface area contributed by atoms with Gasteiger partial charge in [-0.15, -0.1) is 0 Å². The maximum absolute atomic E-state index is 12.8. The number of nitrogens with zero attached hydrogens (tertiary/aromatic N) is 2. The summed E-state index contributed by atoms with van der Waals surface area (Å²) in [6, 6.07) is 3.84. The van der Waals surface area contributed by atoms with Gasteiger partial charge in [0.1, 0.15) is 23.7 Å². The van der Waals surface area contributed by atoms with Gasteiger partial charge in [-0.1, -0.05) is 11.6 Å². The van der Waals surface area contributed by atoms with Crippen molar-refractivity contribution in [3.05, 3.63) is 40.9 Å². The molecule has 0 fully saturated rings. The van der Waals surface area contributed by atoms with Crippen molar-refractivity contribution in [2.45, 2.75) is 6.92 Å². The number of nitrogens with two attached hydrogens (primary N) is 1. The first kappa shape index (κ1) is 11.6. The van der Waals surface area contributed by atoms with Gasteiger partial charge in [0.25, 0.3) is 0 Å². The van der Waals surface area contributed by atoms with Crippen LogP contribution in [0, 0.1) is 12.7 Å². The predicted molar refractivity (Wildman–Crippen MR) is 62.7 cm³/mol. The molecule has 0 aliphatic rings. The zero-order valence-electron chi connectivity index (χ0n) is 8.95. The summed E-state index contributed by atoms with van der Waals surface area (Å²) >= 11 is 5.83. The minimum absolute atomic E-state index is 0.168. The number of rotatable bonds is 2. The molecule has 2 aromatic rings. The second kappa shape index (κ2) is 4.55. The molecule has 17 heavy (non-hydrogen) atoms. The lowest BCUT2D eigenvalue weighted by atomic mass is 10.3. The number of aromatic nitrogens is 2. The Morgan fingerprint density at radius 2 is 2.12 bits per heavy atom. The van der Waals surface area contributed by atoms with Crippen LogP contribution in [-0.4, -0.2) is 9.97 Å². The smallest absolute Gasteiger partial charge is 0.227 e. The van der Waals surface area contributed by atoms with E-state index in [0.29, 0.717) is 23.0 Å². The van der Waals surface area contributed by atoms with Crippen molar-refractivity contribution in [2.24, 2.45) is 0 Å². The van der Waals surface area contributed by atoms with Crippen LogP contribution in [0.5, 0.6) is 11.6 Å². The van der Waals surface area contributed by atoms with Gasteiger partial charge in [-0.3, -0.25) is 0 Å². The van der Waals surface area contributed by atoms with Crippen LogP contribution in [0.4, 0.5) is 10.2 Å². The average Bonchev–Trinajstić information content (AvgIpc) is 2.28. The van der Waals surface area contributed by atoms with Gasteiger partial charge in [0.15, 0.2) is 0 Å². The monoisotopic (exact) mass is 253 g/mol. The molecular formula is C11H9ClFN3O. The fourth-order valence-electron chi connectivity index (χ4n) is 1.21. The zero-order chi connectivity index (χ0) is 12.4. The van der Waals surface area contributed by atoms with Gasteiger partial charge in [0.05, 0.1) is 10.6 Å². The van der Waals surface area contributed by atoms with Crippen LogP contribution in [0.25, 0.3) is 0 Å². The molecule has 0 saturated heterocycles. The van der Waals surface area contributed by atoms with Crippen molar-refractivity contribution >= 4 is 17.4 Å². The maximum Gasteiger partial charge on any atom is 0.227 e. The van der Waals surface area contributed by atoms with Gasteiger partial charge < -0.3 is 10.5 Å². The van der Waals surface area contributed by atoms with Crippen LogP contribution in [0.2, 0.25) is 5.02 Å². The van der Waals surface area contributed by atoms with E-state index in [0.717, 1.165) is 6.07 Å². The maximum atomic E-state index is 12.8. The van der Waals surface area contributed by atoms with E-state index in [2.05, 4.69) is 9.97 Å². The molecule has 4 nitrogen and oxygen atoms in total. The van der Waals surface area contributed by atoms with Crippen LogP contribution >= 0.6 is 11.6 Å². The van der Waals surface area contributed by atoms with Crippen LogP contribution in [-0.2, 0) is 0 Å². The van der Waals surface area contributed by atoms with Gasteiger partial charge >= 0.3 is 0 Å².